The summed E-state index contributed by atoms with van der Waals surface area (Å²) < 4.78 is 0. The van der Waals surface area contributed by atoms with Crippen molar-refractivity contribution < 1.29 is 0 Å². The number of benzene rings is 1. The van der Waals surface area contributed by atoms with Crippen molar-refractivity contribution in [3.05, 3.63) is 28.8 Å². The van der Waals surface area contributed by atoms with Gasteiger partial charge in [-0.3, -0.25) is 0 Å². The molecule has 0 saturated carbocycles. The Morgan fingerprint density at radius 3 is 2.73 bits per heavy atom. The Kier molecular flexibility index (Phi) is 5.29. The lowest BCUT2D eigenvalue weighted by molar-refractivity contribution is 0.437. The molecule has 1 rings (SSSR count). The first-order valence-corrected chi connectivity index (χ1v) is 6.39. The van der Waals surface area contributed by atoms with E-state index in [0.717, 1.165) is 23.7 Å². The van der Waals surface area contributed by atoms with Crippen molar-refractivity contribution in [2.75, 3.05) is 32.1 Å². The van der Waals surface area contributed by atoms with E-state index in [2.05, 4.69) is 19.0 Å². The van der Waals surface area contributed by atoms with Gasteiger partial charge in [-0.25, -0.2) is 0 Å². The fourth-order valence-electron chi connectivity index (χ4n) is 1.13. The third-order valence-corrected chi connectivity index (χ3v) is 3.27. The number of halogens is 1. The van der Waals surface area contributed by atoms with E-state index in [-0.39, 0.29) is 0 Å². The molecule has 0 saturated heterocycles. The Morgan fingerprint density at radius 2 is 2.13 bits per heavy atom. The van der Waals surface area contributed by atoms with Crippen LogP contribution in [0.3, 0.4) is 0 Å². The molecule has 0 radical (unpaired) electrons. The molecule has 1 aromatic rings. The fraction of sp³-hybridized carbons (Fsp3) is 0.455. The third kappa shape index (κ3) is 4.78. The van der Waals surface area contributed by atoms with Crippen LogP contribution in [-0.4, -0.2) is 31.3 Å². The van der Waals surface area contributed by atoms with Gasteiger partial charge in [-0.05, 0) is 31.8 Å². The standard InChI is InChI=1S/C11H17ClN2S/c1-14(2)5-6-15-8-9-3-4-10(12)7-11(9)13/h3-4,7H,5-6,8,13H2,1-2H3. The van der Waals surface area contributed by atoms with E-state index >= 15 is 0 Å². The molecule has 0 atom stereocenters. The quantitative estimate of drug-likeness (QED) is 0.638. The fourth-order valence-corrected chi connectivity index (χ4v) is 2.43. The van der Waals surface area contributed by atoms with Crippen molar-refractivity contribution in [2.24, 2.45) is 0 Å². The molecule has 0 heterocycles. The largest absolute Gasteiger partial charge is 0.398 e. The number of nitrogen functional groups attached to an aromatic ring is 1. The second kappa shape index (κ2) is 6.26. The second-order valence-corrected chi connectivity index (χ2v) is 5.24. The smallest absolute Gasteiger partial charge is 0.0426 e. The first kappa shape index (κ1) is 12.7. The van der Waals surface area contributed by atoms with Crippen molar-refractivity contribution in [1.29, 1.82) is 0 Å². The van der Waals surface area contributed by atoms with Gasteiger partial charge >= 0.3 is 0 Å². The van der Waals surface area contributed by atoms with Gasteiger partial charge < -0.3 is 10.6 Å². The molecule has 84 valence electrons. The normalized spacial score (nSPS) is 10.9. The summed E-state index contributed by atoms with van der Waals surface area (Å²) in [6.45, 7) is 1.10. The Bertz CT molecular complexity index is 315. The van der Waals surface area contributed by atoms with E-state index in [9.17, 15) is 0 Å². The lowest BCUT2D eigenvalue weighted by Crippen LogP contribution is -2.14. The first-order chi connectivity index (χ1) is 7.09. The lowest BCUT2D eigenvalue weighted by Gasteiger charge is -2.09. The number of nitrogens with zero attached hydrogens (tertiary/aromatic N) is 1. The number of anilines is 1. The number of hydrogen-bond donors (Lipinski definition) is 1. The average Bonchev–Trinajstić information content (AvgIpc) is 2.14. The summed E-state index contributed by atoms with van der Waals surface area (Å²) in [5.74, 6) is 2.08. The maximum absolute atomic E-state index is 5.86. The van der Waals surface area contributed by atoms with Crippen LogP contribution in [0.4, 0.5) is 5.69 Å². The third-order valence-electron chi connectivity index (χ3n) is 2.05. The van der Waals surface area contributed by atoms with Gasteiger partial charge in [0.25, 0.3) is 0 Å². The van der Waals surface area contributed by atoms with Gasteiger partial charge in [-0.1, -0.05) is 17.7 Å². The van der Waals surface area contributed by atoms with Crippen molar-refractivity contribution >= 4 is 29.1 Å². The Hall–Kier alpha value is -0.380. The number of rotatable bonds is 5. The van der Waals surface area contributed by atoms with E-state index in [0.29, 0.717) is 5.02 Å². The maximum atomic E-state index is 5.86. The Morgan fingerprint density at radius 1 is 1.40 bits per heavy atom. The molecule has 0 unspecified atom stereocenters. The predicted molar refractivity (Wildman–Crippen MR) is 70.6 cm³/mol. The number of nitrogens with two attached hydrogens (primary N) is 1. The lowest BCUT2D eigenvalue weighted by atomic mass is 10.2. The highest BCUT2D eigenvalue weighted by atomic mass is 35.5. The topological polar surface area (TPSA) is 29.3 Å². The number of thioether (sulfide) groups is 1. The van der Waals surface area contributed by atoms with Crippen LogP contribution in [0.25, 0.3) is 0 Å². The van der Waals surface area contributed by atoms with Gasteiger partial charge in [-0.15, -0.1) is 0 Å². The summed E-state index contributed by atoms with van der Waals surface area (Å²) in [5, 5.41) is 0.703. The van der Waals surface area contributed by atoms with Crippen LogP contribution in [0.2, 0.25) is 5.02 Å². The van der Waals surface area contributed by atoms with Crippen LogP contribution in [0, 0.1) is 0 Å². The molecule has 15 heavy (non-hydrogen) atoms. The van der Waals surface area contributed by atoms with Gasteiger partial charge in [-0.2, -0.15) is 11.8 Å². The van der Waals surface area contributed by atoms with Crippen molar-refractivity contribution in [1.82, 2.24) is 4.90 Å². The minimum Gasteiger partial charge on any atom is -0.398 e. The van der Waals surface area contributed by atoms with Gasteiger partial charge in [0, 0.05) is 28.8 Å². The summed E-state index contributed by atoms with van der Waals surface area (Å²) in [6.07, 6.45) is 0. The van der Waals surface area contributed by atoms with Crippen LogP contribution >= 0.6 is 23.4 Å². The predicted octanol–water partition coefficient (Wildman–Crippen LogP) is 2.72. The van der Waals surface area contributed by atoms with E-state index in [1.54, 1.807) is 0 Å². The molecule has 0 aliphatic heterocycles. The highest BCUT2D eigenvalue weighted by Crippen LogP contribution is 2.22. The van der Waals surface area contributed by atoms with Crippen molar-refractivity contribution in [2.45, 2.75) is 5.75 Å². The second-order valence-electron chi connectivity index (χ2n) is 3.70. The molecule has 0 aliphatic rings. The van der Waals surface area contributed by atoms with Crippen LogP contribution in [-0.2, 0) is 5.75 Å². The highest BCUT2D eigenvalue weighted by Gasteiger charge is 2.00. The summed E-state index contributed by atoms with van der Waals surface area (Å²) in [7, 11) is 4.16. The average molecular weight is 245 g/mol. The molecule has 1 aromatic carbocycles. The molecule has 0 aliphatic carbocycles. The summed E-state index contributed by atoms with van der Waals surface area (Å²) >= 11 is 7.72. The summed E-state index contributed by atoms with van der Waals surface area (Å²) in [6, 6.07) is 5.70. The molecular weight excluding hydrogens is 228 g/mol. The molecule has 0 amide bonds. The molecule has 0 aromatic heterocycles. The molecule has 0 fully saturated rings. The zero-order valence-electron chi connectivity index (χ0n) is 9.16. The number of hydrogen-bond acceptors (Lipinski definition) is 3. The monoisotopic (exact) mass is 244 g/mol. The van der Waals surface area contributed by atoms with Crippen LogP contribution in [0.15, 0.2) is 18.2 Å². The molecule has 0 bridgehead atoms. The van der Waals surface area contributed by atoms with Gasteiger partial charge in [0.15, 0.2) is 0 Å². The van der Waals surface area contributed by atoms with Crippen LogP contribution in [0.5, 0.6) is 0 Å². The zero-order chi connectivity index (χ0) is 11.3. The van der Waals surface area contributed by atoms with E-state index in [4.69, 9.17) is 17.3 Å². The van der Waals surface area contributed by atoms with E-state index in [1.807, 2.05) is 30.0 Å². The zero-order valence-corrected chi connectivity index (χ0v) is 10.7. The SMILES string of the molecule is CN(C)CCSCc1ccc(Cl)cc1N. The van der Waals surface area contributed by atoms with Gasteiger partial charge in [0.1, 0.15) is 0 Å². The van der Waals surface area contributed by atoms with Crippen molar-refractivity contribution in [3.63, 3.8) is 0 Å². The van der Waals surface area contributed by atoms with E-state index < -0.39 is 0 Å². The molecule has 0 spiro atoms. The minimum absolute atomic E-state index is 0.703. The van der Waals surface area contributed by atoms with Crippen molar-refractivity contribution in [3.8, 4) is 0 Å². The van der Waals surface area contributed by atoms with Crippen LogP contribution in [0.1, 0.15) is 5.56 Å². The highest BCUT2D eigenvalue weighted by molar-refractivity contribution is 7.98. The summed E-state index contributed by atoms with van der Waals surface area (Å²) in [5.41, 5.74) is 7.82. The molecule has 2 nitrogen and oxygen atoms in total. The summed E-state index contributed by atoms with van der Waals surface area (Å²) in [4.78, 5) is 2.18. The molecule has 2 N–H and O–H groups in total. The van der Waals surface area contributed by atoms with Gasteiger partial charge in [0.05, 0.1) is 0 Å². The first-order valence-electron chi connectivity index (χ1n) is 4.86. The minimum atomic E-state index is 0.703. The maximum Gasteiger partial charge on any atom is 0.0426 e. The molecule has 4 heteroatoms. The van der Waals surface area contributed by atoms with Gasteiger partial charge in [0.2, 0.25) is 0 Å². The van der Waals surface area contributed by atoms with Crippen LogP contribution < -0.4 is 5.73 Å². The van der Waals surface area contributed by atoms with E-state index in [1.165, 1.54) is 5.56 Å². The molecular formula is C11H17ClN2S. The Balaban J connectivity index is 2.37. The Labute approximate surface area is 101 Å².